The Morgan fingerprint density at radius 3 is 2.77 bits per heavy atom. The van der Waals surface area contributed by atoms with Gasteiger partial charge in [0.1, 0.15) is 11.2 Å². The van der Waals surface area contributed by atoms with Crippen LogP contribution in [0.3, 0.4) is 0 Å². The molecule has 1 aliphatic carbocycles. The van der Waals surface area contributed by atoms with Crippen molar-refractivity contribution in [2.75, 3.05) is 11.9 Å². The van der Waals surface area contributed by atoms with Crippen LogP contribution in [-0.4, -0.2) is 61.1 Å². The fraction of sp³-hybridized carbons (Fsp3) is 0.478. The molecule has 0 spiro atoms. The largest absolute Gasteiger partial charge is 0.517 e. The molecule has 216 valence electrons. The average molecular weight is 574 g/mol. The molecule has 1 aliphatic rings. The van der Waals surface area contributed by atoms with E-state index in [4.69, 9.17) is 9.47 Å². The Balaban J connectivity index is 1.69. The number of unbranched alkanes of at least 4 members (excludes halogenated alkanes) is 1. The number of nitrogens with one attached hydrogen (secondary N) is 2. The van der Waals surface area contributed by atoms with E-state index in [1.807, 2.05) is 6.92 Å². The number of ether oxygens (including phenoxy) is 3. The Morgan fingerprint density at radius 2 is 2.05 bits per heavy atom. The Morgan fingerprint density at radius 1 is 1.27 bits per heavy atom. The van der Waals surface area contributed by atoms with Gasteiger partial charge in [-0.05, 0) is 18.9 Å². The van der Waals surface area contributed by atoms with E-state index < -0.39 is 66.5 Å². The van der Waals surface area contributed by atoms with E-state index in [1.165, 1.54) is 0 Å². The van der Waals surface area contributed by atoms with Crippen LogP contribution in [-0.2, 0) is 15.7 Å². The first kappa shape index (κ1) is 28.8. The highest BCUT2D eigenvalue weighted by atomic mass is 19.4. The first-order valence-corrected chi connectivity index (χ1v) is 12.0. The summed E-state index contributed by atoms with van der Waals surface area (Å²) >= 11 is 0. The second-order valence-corrected chi connectivity index (χ2v) is 8.90. The molecule has 12 nitrogen and oxygen atoms in total. The van der Waals surface area contributed by atoms with E-state index in [1.54, 1.807) is 0 Å². The van der Waals surface area contributed by atoms with E-state index in [0.717, 1.165) is 12.3 Å². The smallest absolute Gasteiger partial charge is 0.434 e. The minimum atomic E-state index is -4.69. The number of rotatable bonds is 7. The summed E-state index contributed by atoms with van der Waals surface area (Å²) in [5.41, 5.74) is -1.32. The first-order chi connectivity index (χ1) is 18.9. The number of amides is 1. The molecule has 0 aromatic carbocycles. The standard InChI is InChI=1S/C23H23F5N6O6/c1-2-3-8-38-21(37)40-20(36)32-17-15-18(31-16(30-17)12-10-22(24,25)6-4-13(12)35)33-34-19(15)39-14-9-11(5-7-29-14)23(26,27)28/h5,7,9,12-13,35H,2-4,6,8,10H2,1H3,(H2,30,31,32,33,34,36)/t12?,13-/m1/s1. The van der Waals surface area contributed by atoms with Gasteiger partial charge in [-0.1, -0.05) is 13.3 Å². The molecule has 0 radical (unpaired) electrons. The van der Waals surface area contributed by atoms with Gasteiger partial charge in [0.05, 0.1) is 24.2 Å². The van der Waals surface area contributed by atoms with Crippen molar-refractivity contribution in [2.24, 2.45) is 0 Å². The first-order valence-electron chi connectivity index (χ1n) is 12.0. The number of nitrogens with zero attached hydrogens (tertiary/aromatic N) is 4. The maximum Gasteiger partial charge on any atom is 0.517 e. The number of carbonyl (C=O) groups is 2. The number of fused-ring (bicyclic) bond motifs is 1. The molecule has 0 bridgehead atoms. The fourth-order valence-electron chi connectivity index (χ4n) is 3.90. The molecule has 0 saturated heterocycles. The highest BCUT2D eigenvalue weighted by Crippen LogP contribution is 2.42. The van der Waals surface area contributed by atoms with Gasteiger partial charge in [-0.15, -0.1) is 0 Å². The van der Waals surface area contributed by atoms with Crippen molar-refractivity contribution in [1.29, 1.82) is 0 Å². The van der Waals surface area contributed by atoms with Gasteiger partial charge in [-0.2, -0.15) is 18.3 Å². The molecule has 3 aromatic heterocycles. The van der Waals surface area contributed by atoms with Crippen molar-refractivity contribution in [1.82, 2.24) is 25.1 Å². The number of aromatic amines is 1. The molecule has 1 unspecified atom stereocenters. The van der Waals surface area contributed by atoms with Crippen LogP contribution in [0.4, 0.5) is 37.4 Å². The van der Waals surface area contributed by atoms with E-state index >= 15 is 0 Å². The predicted molar refractivity (Wildman–Crippen MR) is 125 cm³/mol. The zero-order valence-corrected chi connectivity index (χ0v) is 20.8. The third kappa shape index (κ3) is 6.88. The molecule has 2 atom stereocenters. The lowest BCUT2D eigenvalue weighted by atomic mass is 9.83. The predicted octanol–water partition coefficient (Wildman–Crippen LogP) is 5.31. The summed E-state index contributed by atoms with van der Waals surface area (Å²) in [5.74, 6) is -6.02. The summed E-state index contributed by atoms with van der Waals surface area (Å²) < 4.78 is 82.3. The highest BCUT2D eigenvalue weighted by molar-refractivity contribution is 6.00. The van der Waals surface area contributed by atoms with Crippen LogP contribution in [0.25, 0.3) is 11.0 Å². The molecule has 3 N–H and O–H groups in total. The van der Waals surface area contributed by atoms with Crippen LogP contribution < -0.4 is 10.1 Å². The second kappa shape index (κ2) is 11.5. The number of aromatic nitrogens is 5. The van der Waals surface area contributed by atoms with Crippen molar-refractivity contribution >= 4 is 29.1 Å². The Labute approximate surface area is 222 Å². The van der Waals surface area contributed by atoms with Crippen molar-refractivity contribution in [2.45, 2.75) is 63.1 Å². The Bertz CT molecular complexity index is 1380. The maximum absolute atomic E-state index is 14.1. The maximum atomic E-state index is 14.1. The van der Waals surface area contributed by atoms with Crippen LogP contribution in [0.2, 0.25) is 0 Å². The monoisotopic (exact) mass is 574 g/mol. The number of aliphatic hydroxyl groups excluding tert-OH is 1. The van der Waals surface area contributed by atoms with Gasteiger partial charge < -0.3 is 19.3 Å². The summed E-state index contributed by atoms with van der Waals surface area (Å²) in [4.78, 5) is 36.1. The summed E-state index contributed by atoms with van der Waals surface area (Å²) in [6.45, 7) is 1.83. The normalized spacial score (nSPS) is 18.8. The molecule has 4 rings (SSSR count). The molecule has 1 saturated carbocycles. The van der Waals surface area contributed by atoms with Gasteiger partial charge >= 0.3 is 18.4 Å². The van der Waals surface area contributed by atoms with Crippen molar-refractivity contribution in [3.05, 3.63) is 29.7 Å². The van der Waals surface area contributed by atoms with Crippen LogP contribution >= 0.6 is 0 Å². The summed E-state index contributed by atoms with van der Waals surface area (Å²) in [5, 5.41) is 18.6. The van der Waals surface area contributed by atoms with Crippen molar-refractivity contribution < 1.29 is 50.9 Å². The minimum Gasteiger partial charge on any atom is -0.434 e. The Kier molecular flexibility index (Phi) is 8.32. The average Bonchev–Trinajstić information content (AvgIpc) is 3.28. The molecular formula is C23H23F5N6O6. The SMILES string of the molecule is CCCCOC(=O)OC(=O)Nc1nc(C2CC(F)(F)CC[C@H]2O)nc2n[nH]c(Oc3cc(C(F)(F)F)ccn3)c12. The van der Waals surface area contributed by atoms with Gasteiger partial charge in [-0.3, -0.25) is 5.32 Å². The molecule has 40 heavy (non-hydrogen) atoms. The van der Waals surface area contributed by atoms with Gasteiger partial charge in [0, 0.05) is 25.1 Å². The van der Waals surface area contributed by atoms with E-state index in [9.17, 15) is 36.6 Å². The number of anilines is 1. The highest BCUT2D eigenvalue weighted by Gasteiger charge is 2.43. The molecule has 17 heteroatoms. The molecule has 0 aliphatic heterocycles. The summed E-state index contributed by atoms with van der Waals surface area (Å²) in [6, 6.07) is 1.33. The lowest BCUT2D eigenvalue weighted by molar-refractivity contribution is -0.137. The van der Waals surface area contributed by atoms with Gasteiger partial charge in [0.25, 0.3) is 0 Å². The van der Waals surface area contributed by atoms with E-state index in [2.05, 4.69) is 35.2 Å². The van der Waals surface area contributed by atoms with Gasteiger partial charge in [-0.25, -0.2) is 38.4 Å². The molecule has 1 fully saturated rings. The fourth-order valence-corrected chi connectivity index (χ4v) is 3.90. The number of hydrogen-bond donors (Lipinski definition) is 3. The number of H-pyrrole nitrogens is 1. The summed E-state index contributed by atoms with van der Waals surface area (Å²) in [7, 11) is 0. The number of pyridine rings is 1. The molecular weight excluding hydrogens is 551 g/mol. The Hall–Kier alpha value is -4.15. The topological polar surface area (TPSA) is 161 Å². The van der Waals surface area contributed by atoms with E-state index in [0.29, 0.717) is 18.9 Å². The molecule has 1 amide bonds. The number of alkyl halides is 5. The van der Waals surface area contributed by atoms with Gasteiger partial charge in [0.2, 0.25) is 17.7 Å². The van der Waals surface area contributed by atoms with Crippen LogP contribution in [0.1, 0.15) is 56.3 Å². The third-order valence-electron chi connectivity index (χ3n) is 5.90. The minimum absolute atomic E-state index is 0.0119. The molecule has 3 heterocycles. The van der Waals surface area contributed by atoms with Crippen molar-refractivity contribution in [3.63, 3.8) is 0 Å². The number of hydrogen-bond acceptors (Lipinski definition) is 10. The van der Waals surface area contributed by atoms with Crippen LogP contribution in [0, 0.1) is 0 Å². The third-order valence-corrected chi connectivity index (χ3v) is 5.90. The second-order valence-electron chi connectivity index (χ2n) is 8.90. The van der Waals surface area contributed by atoms with Crippen LogP contribution in [0.5, 0.6) is 11.8 Å². The number of halogens is 5. The zero-order valence-electron chi connectivity index (χ0n) is 20.8. The van der Waals surface area contributed by atoms with Crippen LogP contribution in [0.15, 0.2) is 18.3 Å². The summed E-state index contributed by atoms with van der Waals surface area (Å²) in [6.07, 6.45) is -8.15. The zero-order chi connectivity index (χ0) is 29.1. The van der Waals surface area contributed by atoms with Crippen molar-refractivity contribution in [3.8, 4) is 11.8 Å². The van der Waals surface area contributed by atoms with Gasteiger partial charge in [0.15, 0.2) is 11.5 Å². The van der Waals surface area contributed by atoms with E-state index in [-0.39, 0.29) is 35.8 Å². The number of aliphatic hydroxyl groups is 1. The number of carbonyl (C=O) groups excluding carboxylic acids is 2. The quantitative estimate of drug-likeness (QED) is 0.146. The lowest BCUT2D eigenvalue weighted by Gasteiger charge is -2.32. The lowest BCUT2D eigenvalue weighted by Crippen LogP contribution is -2.35. The molecule has 3 aromatic rings.